The number of carbonyl (C=O) groups excluding carboxylic acids is 1. The van der Waals surface area contributed by atoms with Crippen molar-refractivity contribution in [3.05, 3.63) is 24.3 Å². The summed E-state index contributed by atoms with van der Waals surface area (Å²) in [4.78, 5) is 13.7. The number of benzene rings is 1. The van der Waals surface area contributed by atoms with Crippen LogP contribution in [0.2, 0.25) is 0 Å². The first-order valence-electron chi connectivity index (χ1n) is 4.79. The van der Waals surface area contributed by atoms with Gasteiger partial charge in [0.2, 0.25) is 5.91 Å². The van der Waals surface area contributed by atoms with E-state index in [2.05, 4.69) is 15.9 Å². The van der Waals surface area contributed by atoms with E-state index in [1.54, 1.807) is 12.0 Å². The molecule has 1 amide bonds. The molecule has 0 aliphatic carbocycles. The quantitative estimate of drug-likeness (QED) is 0.771. The second-order valence-electron chi connectivity index (χ2n) is 3.50. The van der Waals surface area contributed by atoms with Gasteiger partial charge in [-0.05, 0) is 24.3 Å². The van der Waals surface area contributed by atoms with Gasteiger partial charge >= 0.3 is 0 Å². The van der Waals surface area contributed by atoms with Crippen LogP contribution < -0.4 is 9.64 Å². The molecule has 0 spiro atoms. The first-order valence-corrected chi connectivity index (χ1v) is 5.71. The number of amides is 1. The summed E-state index contributed by atoms with van der Waals surface area (Å²) in [6.07, 6.45) is 0.575. The fraction of sp³-hybridized carbons (Fsp3) is 0.364. The second kappa shape index (κ2) is 4.23. The van der Waals surface area contributed by atoms with Crippen molar-refractivity contribution in [2.45, 2.75) is 11.2 Å². The molecule has 1 unspecified atom stereocenters. The highest BCUT2D eigenvalue weighted by Crippen LogP contribution is 2.26. The van der Waals surface area contributed by atoms with Gasteiger partial charge in [-0.1, -0.05) is 15.9 Å². The van der Waals surface area contributed by atoms with Crippen LogP contribution in [0.1, 0.15) is 6.42 Å². The van der Waals surface area contributed by atoms with E-state index >= 15 is 0 Å². The Morgan fingerprint density at radius 3 is 2.53 bits per heavy atom. The molecular weight excluding hydrogens is 258 g/mol. The van der Waals surface area contributed by atoms with Crippen molar-refractivity contribution >= 4 is 27.5 Å². The van der Waals surface area contributed by atoms with Crippen LogP contribution in [0.5, 0.6) is 5.75 Å². The molecule has 0 N–H and O–H groups in total. The average molecular weight is 270 g/mol. The number of nitrogens with zero attached hydrogens (tertiary/aromatic N) is 1. The third kappa shape index (κ3) is 2.15. The van der Waals surface area contributed by atoms with E-state index in [4.69, 9.17) is 4.74 Å². The molecule has 0 bridgehead atoms. The van der Waals surface area contributed by atoms with E-state index in [-0.39, 0.29) is 10.7 Å². The molecule has 0 aromatic heterocycles. The third-order valence-electron chi connectivity index (χ3n) is 2.46. The zero-order valence-corrected chi connectivity index (χ0v) is 10.0. The molecule has 1 aromatic rings. The topological polar surface area (TPSA) is 29.5 Å². The lowest BCUT2D eigenvalue weighted by Gasteiger charge is -2.15. The highest BCUT2D eigenvalue weighted by atomic mass is 79.9. The largest absolute Gasteiger partial charge is 0.497 e. The van der Waals surface area contributed by atoms with Gasteiger partial charge < -0.3 is 9.64 Å². The normalized spacial score (nSPS) is 20.8. The van der Waals surface area contributed by atoms with E-state index in [0.29, 0.717) is 6.42 Å². The van der Waals surface area contributed by atoms with Crippen LogP contribution >= 0.6 is 15.9 Å². The minimum absolute atomic E-state index is 0.169. The molecule has 0 saturated carbocycles. The van der Waals surface area contributed by atoms with E-state index in [1.165, 1.54) is 0 Å². The van der Waals surface area contributed by atoms with Gasteiger partial charge in [0.1, 0.15) is 5.75 Å². The number of halogens is 1. The Hall–Kier alpha value is -1.03. The molecule has 1 aromatic carbocycles. The van der Waals surface area contributed by atoms with E-state index in [1.807, 2.05) is 24.3 Å². The van der Waals surface area contributed by atoms with Crippen LogP contribution in [0.3, 0.4) is 0 Å². The van der Waals surface area contributed by atoms with E-state index < -0.39 is 0 Å². The first-order chi connectivity index (χ1) is 7.20. The van der Waals surface area contributed by atoms with Crippen molar-refractivity contribution in [3.8, 4) is 5.75 Å². The zero-order valence-electron chi connectivity index (χ0n) is 8.44. The molecule has 80 valence electrons. The van der Waals surface area contributed by atoms with Crippen molar-refractivity contribution in [1.29, 1.82) is 0 Å². The molecule has 1 fully saturated rings. The number of alkyl halides is 1. The third-order valence-corrected chi connectivity index (χ3v) is 3.08. The molecule has 1 saturated heterocycles. The minimum atomic E-state index is 0.169. The molecule has 15 heavy (non-hydrogen) atoms. The maximum atomic E-state index is 11.6. The Balaban J connectivity index is 2.19. The summed E-state index contributed by atoms with van der Waals surface area (Å²) in [5, 5.41) is 0. The molecule has 1 aliphatic rings. The first kappa shape index (κ1) is 10.5. The van der Waals surface area contributed by atoms with Crippen LogP contribution in [-0.4, -0.2) is 24.4 Å². The Bertz CT molecular complexity index is 363. The predicted molar refractivity (Wildman–Crippen MR) is 62.7 cm³/mol. The van der Waals surface area contributed by atoms with Gasteiger partial charge in [-0.3, -0.25) is 4.79 Å². The molecular formula is C11H12BrNO2. The van der Waals surface area contributed by atoms with Gasteiger partial charge in [0, 0.05) is 23.5 Å². The standard InChI is InChI=1S/C11H12BrNO2/c1-15-10-4-2-9(3-5-10)13-7-8(12)6-11(13)14/h2-5,8H,6-7H2,1H3. The Kier molecular flexibility index (Phi) is 2.95. The molecule has 2 rings (SSSR count). The number of rotatable bonds is 2. The summed E-state index contributed by atoms with van der Waals surface area (Å²) in [6, 6.07) is 7.54. The van der Waals surface area contributed by atoms with Crippen LogP contribution in [0.4, 0.5) is 5.69 Å². The maximum absolute atomic E-state index is 11.6. The lowest BCUT2D eigenvalue weighted by Crippen LogP contribution is -2.24. The molecule has 1 atom stereocenters. The summed E-state index contributed by atoms with van der Waals surface area (Å²) < 4.78 is 5.07. The number of anilines is 1. The molecule has 0 radical (unpaired) electrons. The van der Waals surface area contributed by atoms with Gasteiger partial charge in [-0.2, -0.15) is 0 Å². The zero-order chi connectivity index (χ0) is 10.8. The smallest absolute Gasteiger partial charge is 0.228 e. The van der Waals surface area contributed by atoms with Crippen LogP contribution in [0.25, 0.3) is 0 Å². The van der Waals surface area contributed by atoms with Gasteiger partial charge in [0.05, 0.1) is 7.11 Å². The van der Waals surface area contributed by atoms with Crippen LogP contribution in [-0.2, 0) is 4.79 Å². The molecule has 3 nitrogen and oxygen atoms in total. The average Bonchev–Trinajstić information content (AvgIpc) is 2.58. The Morgan fingerprint density at radius 2 is 2.07 bits per heavy atom. The van der Waals surface area contributed by atoms with Gasteiger partial charge in [0.25, 0.3) is 0 Å². The number of ether oxygens (including phenoxy) is 1. The highest BCUT2D eigenvalue weighted by molar-refractivity contribution is 9.09. The van der Waals surface area contributed by atoms with Crippen molar-refractivity contribution in [3.63, 3.8) is 0 Å². The van der Waals surface area contributed by atoms with Gasteiger partial charge in [-0.15, -0.1) is 0 Å². The van der Waals surface area contributed by atoms with Crippen LogP contribution in [0.15, 0.2) is 24.3 Å². The Morgan fingerprint density at radius 1 is 1.40 bits per heavy atom. The monoisotopic (exact) mass is 269 g/mol. The van der Waals surface area contributed by atoms with E-state index in [9.17, 15) is 4.79 Å². The number of carbonyl (C=O) groups is 1. The summed E-state index contributed by atoms with van der Waals surface area (Å²) in [5.41, 5.74) is 0.933. The Labute approximate surface area is 97.2 Å². The van der Waals surface area contributed by atoms with Crippen molar-refractivity contribution in [2.75, 3.05) is 18.6 Å². The molecule has 4 heteroatoms. The van der Waals surface area contributed by atoms with Crippen molar-refractivity contribution < 1.29 is 9.53 Å². The minimum Gasteiger partial charge on any atom is -0.497 e. The number of methoxy groups -OCH3 is 1. The van der Waals surface area contributed by atoms with Gasteiger partial charge in [-0.25, -0.2) is 0 Å². The molecule has 1 heterocycles. The number of hydrogen-bond acceptors (Lipinski definition) is 2. The lowest BCUT2D eigenvalue weighted by atomic mass is 10.3. The summed E-state index contributed by atoms with van der Waals surface area (Å²) in [6.45, 7) is 0.741. The summed E-state index contributed by atoms with van der Waals surface area (Å²) in [5.74, 6) is 0.975. The highest BCUT2D eigenvalue weighted by Gasteiger charge is 2.28. The molecule has 1 aliphatic heterocycles. The fourth-order valence-electron chi connectivity index (χ4n) is 1.68. The van der Waals surface area contributed by atoms with Crippen molar-refractivity contribution in [2.24, 2.45) is 0 Å². The van der Waals surface area contributed by atoms with Crippen molar-refractivity contribution in [1.82, 2.24) is 0 Å². The SMILES string of the molecule is COc1ccc(N2CC(Br)CC2=O)cc1. The van der Waals surface area contributed by atoms with E-state index in [0.717, 1.165) is 18.0 Å². The fourth-order valence-corrected chi connectivity index (χ4v) is 2.24. The lowest BCUT2D eigenvalue weighted by molar-refractivity contribution is -0.117. The second-order valence-corrected chi connectivity index (χ2v) is 4.80. The van der Waals surface area contributed by atoms with Gasteiger partial charge in [0.15, 0.2) is 0 Å². The summed E-state index contributed by atoms with van der Waals surface area (Å²) >= 11 is 3.46. The summed E-state index contributed by atoms with van der Waals surface area (Å²) in [7, 11) is 1.63. The predicted octanol–water partition coefficient (Wildman–Crippen LogP) is 2.20. The maximum Gasteiger partial charge on any atom is 0.228 e. The number of hydrogen-bond donors (Lipinski definition) is 0. The van der Waals surface area contributed by atoms with Crippen LogP contribution in [0, 0.1) is 0 Å².